The van der Waals surface area contributed by atoms with Crippen molar-refractivity contribution in [1.29, 1.82) is 0 Å². The Kier molecular flexibility index (Phi) is 2.75. The zero-order valence-corrected chi connectivity index (χ0v) is 13.7. The Hall–Kier alpha value is -3.26. The predicted octanol–water partition coefficient (Wildman–Crippen LogP) is 5.08. The maximum atomic E-state index is 13.1. The minimum atomic E-state index is -0.0715. The molecule has 4 aromatic carbocycles. The fourth-order valence-corrected chi connectivity index (χ4v) is 3.70. The zero-order valence-electron chi connectivity index (χ0n) is 13.7. The maximum absolute atomic E-state index is 13.1. The molecule has 0 radical (unpaired) electrons. The molecule has 0 bridgehead atoms. The van der Waals surface area contributed by atoms with Gasteiger partial charge in [0, 0.05) is 22.3 Å². The molecule has 0 aromatic heterocycles. The van der Waals surface area contributed by atoms with Gasteiger partial charge in [-0.15, -0.1) is 0 Å². The van der Waals surface area contributed by atoms with Crippen LogP contribution in [0.1, 0.15) is 37.4 Å². The van der Waals surface area contributed by atoms with Gasteiger partial charge in [-0.3, -0.25) is 9.59 Å². The van der Waals surface area contributed by atoms with Crippen molar-refractivity contribution in [3.63, 3.8) is 0 Å². The van der Waals surface area contributed by atoms with Crippen LogP contribution in [0.15, 0.2) is 66.7 Å². The average molecular weight is 322 g/mol. The molecule has 25 heavy (non-hydrogen) atoms. The third kappa shape index (κ3) is 1.97. The van der Waals surface area contributed by atoms with Gasteiger partial charge in [0.05, 0.1) is 0 Å². The molecule has 0 saturated heterocycles. The number of aryl methyl sites for hydroxylation is 1. The van der Waals surface area contributed by atoms with Crippen LogP contribution in [0.3, 0.4) is 0 Å². The van der Waals surface area contributed by atoms with E-state index in [9.17, 15) is 9.59 Å². The standard InChI is InChI=1S/C23H14O2/c1-13-6-7-16-11-20-21(12-17(16)8-13)23(25)19-10-15-5-3-2-4-14(15)9-18(19)22(20)24/h2-12H,1H3. The fourth-order valence-electron chi connectivity index (χ4n) is 3.70. The van der Waals surface area contributed by atoms with Crippen molar-refractivity contribution >= 4 is 33.1 Å². The van der Waals surface area contributed by atoms with Gasteiger partial charge >= 0.3 is 0 Å². The summed E-state index contributed by atoms with van der Waals surface area (Å²) in [5, 5.41) is 3.92. The van der Waals surface area contributed by atoms with Gasteiger partial charge in [-0.25, -0.2) is 0 Å². The Morgan fingerprint density at radius 2 is 0.960 bits per heavy atom. The van der Waals surface area contributed by atoms with Gasteiger partial charge in [0.2, 0.25) is 0 Å². The second-order valence-electron chi connectivity index (χ2n) is 6.65. The normalized spacial score (nSPS) is 13.2. The number of ketones is 2. The molecule has 4 aromatic rings. The van der Waals surface area contributed by atoms with E-state index in [-0.39, 0.29) is 11.6 Å². The van der Waals surface area contributed by atoms with Crippen molar-refractivity contribution in [2.75, 3.05) is 0 Å². The summed E-state index contributed by atoms with van der Waals surface area (Å²) in [5.41, 5.74) is 3.15. The molecule has 1 aliphatic rings. The molecule has 0 unspecified atom stereocenters. The summed E-state index contributed by atoms with van der Waals surface area (Å²) in [7, 11) is 0. The molecule has 0 atom stereocenters. The molecule has 0 aliphatic heterocycles. The molecule has 2 nitrogen and oxygen atoms in total. The van der Waals surface area contributed by atoms with Crippen LogP contribution in [0.25, 0.3) is 21.5 Å². The van der Waals surface area contributed by atoms with Gasteiger partial charge in [-0.2, -0.15) is 0 Å². The van der Waals surface area contributed by atoms with Crippen molar-refractivity contribution in [1.82, 2.24) is 0 Å². The van der Waals surface area contributed by atoms with Crippen LogP contribution in [0.2, 0.25) is 0 Å². The molecule has 0 N–H and O–H groups in total. The lowest BCUT2D eigenvalue weighted by Gasteiger charge is -2.19. The quantitative estimate of drug-likeness (QED) is 0.398. The summed E-state index contributed by atoms with van der Waals surface area (Å²) in [4.78, 5) is 26.1. The molecule has 2 heteroatoms. The van der Waals surface area contributed by atoms with Crippen LogP contribution < -0.4 is 0 Å². The van der Waals surface area contributed by atoms with Crippen LogP contribution >= 0.6 is 0 Å². The van der Waals surface area contributed by atoms with Gasteiger partial charge in [0.15, 0.2) is 11.6 Å². The van der Waals surface area contributed by atoms with E-state index in [2.05, 4.69) is 0 Å². The summed E-state index contributed by atoms with van der Waals surface area (Å²) in [6, 6.07) is 21.3. The van der Waals surface area contributed by atoms with Crippen LogP contribution in [0.5, 0.6) is 0 Å². The first-order valence-electron chi connectivity index (χ1n) is 8.28. The summed E-state index contributed by atoms with van der Waals surface area (Å²) in [6.45, 7) is 2.02. The molecular formula is C23H14O2. The second-order valence-corrected chi connectivity index (χ2v) is 6.65. The van der Waals surface area contributed by atoms with E-state index in [4.69, 9.17) is 0 Å². The largest absolute Gasteiger partial charge is 0.289 e. The first kappa shape index (κ1) is 14.1. The van der Waals surface area contributed by atoms with E-state index in [1.165, 1.54) is 0 Å². The van der Waals surface area contributed by atoms with E-state index in [0.29, 0.717) is 22.3 Å². The Morgan fingerprint density at radius 1 is 0.520 bits per heavy atom. The fraction of sp³-hybridized carbons (Fsp3) is 0.0435. The summed E-state index contributed by atoms with van der Waals surface area (Å²) in [5.74, 6) is -0.142. The third-order valence-electron chi connectivity index (χ3n) is 5.00. The Morgan fingerprint density at radius 3 is 1.48 bits per heavy atom. The lowest BCUT2D eigenvalue weighted by molar-refractivity contribution is 0.0979. The molecule has 0 fully saturated rings. The number of benzene rings is 4. The van der Waals surface area contributed by atoms with Crippen molar-refractivity contribution in [3.8, 4) is 0 Å². The Balaban J connectivity index is 1.83. The van der Waals surface area contributed by atoms with Crippen LogP contribution in [0, 0.1) is 6.92 Å². The molecule has 0 heterocycles. The summed E-state index contributed by atoms with van der Waals surface area (Å²) < 4.78 is 0. The molecule has 1 aliphatic carbocycles. The molecule has 118 valence electrons. The first-order chi connectivity index (χ1) is 12.1. The van der Waals surface area contributed by atoms with E-state index in [0.717, 1.165) is 27.1 Å². The van der Waals surface area contributed by atoms with Crippen molar-refractivity contribution in [2.24, 2.45) is 0 Å². The van der Waals surface area contributed by atoms with Gasteiger partial charge in [-0.1, -0.05) is 48.0 Å². The minimum Gasteiger partial charge on any atom is -0.289 e. The van der Waals surface area contributed by atoms with Crippen molar-refractivity contribution in [3.05, 3.63) is 94.5 Å². The predicted molar refractivity (Wildman–Crippen MR) is 99.5 cm³/mol. The number of rotatable bonds is 0. The highest BCUT2D eigenvalue weighted by molar-refractivity contribution is 6.30. The molecular weight excluding hydrogens is 308 g/mol. The monoisotopic (exact) mass is 322 g/mol. The molecule has 0 saturated carbocycles. The van der Waals surface area contributed by atoms with Gasteiger partial charge in [-0.05, 0) is 52.7 Å². The van der Waals surface area contributed by atoms with E-state index in [1.807, 2.05) is 73.7 Å². The van der Waals surface area contributed by atoms with Crippen molar-refractivity contribution < 1.29 is 9.59 Å². The Labute approximate surface area is 144 Å². The van der Waals surface area contributed by atoms with Crippen LogP contribution in [-0.2, 0) is 0 Å². The first-order valence-corrected chi connectivity index (χ1v) is 8.28. The SMILES string of the molecule is Cc1ccc2cc3c(cc2c1)C(=O)c1cc2ccccc2cc1C3=O. The lowest BCUT2D eigenvalue weighted by Crippen LogP contribution is -2.20. The Bertz CT molecular complexity index is 1230. The number of carbonyl (C=O) groups is 2. The average Bonchev–Trinajstić information content (AvgIpc) is 2.63. The molecule has 0 amide bonds. The number of hydrogen-bond acceptors (Lipinski definition) is 2. The van der Waals surface area contributed by atoms with E-state index in [1.54, 1.807) is 0 Å². The van der Waals surface area contributed by atoms with Crippen LogP contribution in [-0.4, -0.2) is 11.6 Å². The second kappa shape index (κ2) is 4.87. The number of carbonyl (C=O) groups excluding carboxylic acids is 2. The molecule has 0 spiro atoms. The smallest absolute Gasteiger partial charge is 0.194 e. The lowest BCUT2D eigenvalue weighted by atomic mass is 9.81. The maximum Gasteiger partial charge on any atom is 0.194 e. The van der Waals surface area contributed by atoms with E-state index < -0.39 is 0 Å². The topological polar surface area (TPSA) is 34.1 Å². The van der Waals surface area contributed by atoms with Crippen molar-refractivity contribution in [2.45, 2.75) is 6.92 Å². The van der Waals surface area contributed by atoms with E-state index >= 15 is 0 Å². The highest BCUT2D eigenvalue weighted by atomic mass is 16.1. The van der Waals surface area contributed by atoms with Gasteiger partial charge in [0.25, 0.3) is 0 Å². The summed E-state index contributed by atoms with van der Waals surface area (Å²) in [6.07, 6.45) is 0. The molecule has 5 rings (SSSR count). The highest BCUT2D eigenvalue weighted by Gasteiger charge is 2.30. The summed E-state index contributed by atoms with van der Waals surface area (Å²) >= 11 is 0. The zero-order chi connectivity index (χ0) is 17.1. The van der Waals surface area contributed by atoms with Crippen LogP contribution in [0.4, 0.5) is 0 Å². The van der Waals surface area contributed by atoms with Gasteiger partial charge in [0.1, 0.15) is 0 Å². The highest BCUT2D eigenvalue weighted by Crippen LogP contribution is 2.33. The van der Waals surface area contributed by atoms with Gasteiger partial charge < -0.3 is 0 Å². The third-order valence-corrected chi connectivity index (χ3v) is 5.00. The number of hydrogen-bond donors (Lipinski definition) is 0. The number of fused-ring (bicyclic) bond motifs is 4. The minimum absolute atomic E-state index is 0.0706.